The minimum atomic E-state index is -1.32. The molecule has 0 bridgehead atoms. The number of urea groups is 1. The van der Waals surface area contributed by atoms with Crippen molar-refractivity contribution < 1.29 is 24.6 Å². The Bertz CT molecular complexity index is 545. The fourth-order valence-electron chi connectivity index (χ4n) is 2.59. The minimum absolute atomic E-state index is 0.0106. The summed E-state index contributed by atoms with van der Waals surface area (Å²) < 4.78 is 0. The highest BCUT2D eigenvalue weighted by Gasteiger charge is 2.60. The molecule has 0 radical (unpaired) electrons. The number of rotatable bonds is 3. The average molecular weight is 323 g/mol. The average Bonchev–Trinajstić information content (AvgIpc) is 3.19. The van der Waals surface area contributed by atoms with E-state index in [0.717, 1.165) is 12.8 Å². The van der Waals surface area contributed by atoms with Crippen molar-refractivity contribution in [2.24, 2.45) is 10.9 Å². The van der Waals surface area contributed by atoms with Crippen molar-refractivity contribution in [3.05, 3.63) is 12.2 Å². The van der Waals surface area contributed by atoms with Gasteiger partial charge in [0.15, 0.2) is 0 Å². The molecule has 8 heteroatoms. The summed E-state index contributed by atoms with van der Waals surface area (Å²) >= 11 is 0. The number of allylic oxidation sites excluding steroid dienone is 1. The summed E-state index contributed by atoms with van der Waals surface area (Å²) in [5, 5.41) is 23.4. The van der Waals surface area contributed by atoms with Gasteiger partial charge in [-0.2, -0.15) is 0 Å². The Balaban J connectivity index is 2.18. The van der Waals surface area contributed by atoms with Crippen LogP contribution in [0.5, 0.6) is 0 Å². The maximum Gasteiger partial charge on any atom is 0.341 e. The molecular weight excluding hydrogens is 302 g/mol. The predicted molar refractivity (Wildman–Crippen MR) is 82.1 cm³/mol. The van der Waals surface area contributed by atoms with Gasteiger partial charge in [0.1, 0.15) is 11.6 Å². The van der Waals surface area contributed by atoms with Crippen molar-refractivity contribution in [1.82, 2.24) is 10.6 Å². The lowest BCUT2D eigenvalue weighted by Gasteiger charge is -2.20. The van der Waals surface area contributed by atoms with E-state index in [9.17, 15) is 19.5 Å². The first kappa shape index (κ1) is 17.1. The van der Waals surface area contributed by atoms with Crippen LogP contribution in [0.15, 0.2) is 17.1 Å². The molecule has 4 N–H and O–H groups in total. The first-order chi connectivity index (χ1) is 11.0. The molecule has 8 nitrogen and oxygen atoms in total. The van der Waals surface area contributed by atoms with Crippen LogP contribution in [0.2, 0.25) is 0 Å². The van der Waals surface area contributed by atoms with Gasteiger partial charge in [0, 0.05) is 18.7 Å². The highest BCUT2D eigenvalue weighted by atomic mass is 16.4. The number of nitrogens with zero attached hydrogens (tertiary/aromatic N) is 1. The van der Waals surface area contributed by atoms with E-state index < -0.39 is 29.5 Å². The van der Waals surface area contributed by atoms with E-state index in [1.54, 1.807) is 0 Å². The molecule has 1 fully saturated rings. The fraction of sp³-hybridized carbons (Fsp3) is 0.600. The van der Waals surface area contributed by atoms with Crippen LogP contribution >= 0.6 is 0 Å². The molecule has 0 spiro atoms. The van der Waals surface area contributed by atoms with E-state index in [4.69, 9.17) is 5.11 Å². The molecule has 3 amide bonds. The molecule has 3 atom stereocenters. The zero-order chi connectivity index (χ0) is 16.9. The number of amides is 3. The topological polar surface area (TPSA) is 128 Å². The first-order valence-electron chi connectivity index (χ1n) is 7.65. The number of aliphatic hydroxyl groups excluding tert-OH is 1. The lowest BCUT2D eigenvalue weighted by Crippen LogP contribution is -2.53. The molecular formula is C15H21N3O5. The summed E-state index contributed by atoms with van der Waals surface area (Å²) in [6.45, 7) is -0.314. The summed E-state index contributed by atoms with van der Waals surface area (Å²) in [7, 11) is 0. The molecule has 0 saturated heterocycles. The van der Waals surface area contributed by atoms with Gasteiger partial charge in [-0.05, 0) is 32.1 Å². The largest absolute Gasteiger partial charge is 0.479 e. The van der Waals surface area contributed by atoms with Crippen LogP contribution in [-0.2, 0) is 9.59 Å². The quantitative estimate of drug-likeness (QED) is 0.552. The van der Waals surface area contributed by atoms with Crippen LogP contribution in [0.1, 0.15) is 32.1 Å². The van der Waals surface area contributed by atoms with Gasteiger partial charge in [-0.15, -0.1) is 0 Å². The molecule has 126 valence electrons. The summed E-state index contributed by atoms with van der Waals surface area (Å²) in [5.41, 5.74) is -1.32. The number of aliphatic imine (C=N–C) groups is 1. The van der Waals surface area contributed by atoms with Crippen molar-refractivity contribution in [3.8, 4) is 0 Å². The number of hydrogen-bond donors (Lipinski definition) is 4. The Kier molecular flexibility index (Phi) is 5.49. The van der Waals surface area contributed by atoms with Crippen LogP contribution < -0.4 is 10.6 Å². The molecule has 1 heterocycles. The van der Waals surface area contributed by atoms with Gasteiger partial charge in [-0.1, -0.05) is 12.2 Å². The second-order valence-corrected chi connectivity index (χ2v) is 5.76. The molecule has 1 aliphatic heterocycles. The van der Waals surface area contributed by atoms with E-state index in [-0.39, 0.29) is 18.9 Å². The number of carbonyl (C=O) groups is 3. The van der Waals surface area contributed by atoms with Crippen LogP contribution in [0.25, 0.3) is 0 Å². The Morgan fingerprint density at radius 1 is 1.39 bits per heavy atom. The standard InChI is InChI=1S/C15H21N3O5/c19-8-6-11-12(20)18-15(13(21)22)9-10(15)5-3-1-2-4-7-16-14(23)17-11/h3,5,7,10-11,19H,1-2,4,6,8-9H2,(H,17,23)(H,18,20)(H,21,22)/b5-3-,16-7?/t10-,11-,15+/m0/s1. The van der Waals surface area contributed by atoms with Gasteiger partial charge >= 0.3 is 12.0 Å². The van der Waals surface area contributed by atoms with Crippen molar-refractivity contribution in [1.29, 1.82) is 0 Å². The van der Waals surface area contributed by atoms with Gasteiger partial charge in [0.2, 0.25) is 5.91 Å². The van der Waals surface area contributed by atoms with Gasteiger partial charge in [0.25, 0.3) is 0 Å². The molecule has 23 heavy (non-hydrogen) atoms. The first-order valence-corrected chi connectivity index (χ1v) is 7.65. The van der Waals surface area contributed by atoms with Gasteiger partial charge in [-0.25, -0.2) is 14.6 Å². The molecule has 0 unspecified atom stereocenters. The number of carboxylic acids is 1. The van der Waals surface area contributed by atoms with Gasteiger partial charge in [0.05, 0.1) is 0 Å². The number of carbonyl (C=O) groups excluding carboxylic acids is 2. The lowest BCUT2D eigenvalue weighted by atomic mass is 10.1. The molecule has 0 aromatic carbocycles. The number of nitrogens with one attached hydrogen (secondary N) is 2. The van der Waals surface area contributed by atoms with Crippen molar-refractivity contribution >= 4 is 24.1 Å². The molecule has 1 aliphatic carbocycles. The number of hydrogen-bond acceptors (Lipinski definition) is 4. The molecule has 0 aromatic heterocycles. The molecule has 0 aromatic rings. The summed E-state index contributed by atoms with van der Waals surface area (Å²) in [4.78, 5) is 39.2. The monoisotopic (exact) mass is 323 g/mol. The zero-order valence-electron chi connectivity index (χ0n) is 12.7. The van der Waals surface area contributed by atoms with Crippen LogP contribution in [0.4, 0.5) is 4.79 Å². The van der Waals surface area contributed by atoms with Crippen LogP contribution in [0, 0.1) is 5.92 Å². The zero-order valence-corrected chi connectivity index (χ0v) is 12.7. The van der Waals surface area contributed by atoms with E-state index >= 15 is 0 Å². The van der Waals surface area contributed by atoms with Gasteiger partial charge < -0.3 is 20.8 Å². The van der Waals surface area contributed by atoms with Crippen LogP contribution in [-0.4, -0.2) is 52.5 Å². The molecule has 1 saturated carbocycles. The van der Waals surface area contributed by atoms with Crippen molar-refractivity contribution in [3.63, 3.8) is 0 Å². The third-order valence-electron chi connectivity index (χ3n) is 4.06. The van der Waals surface area contributed by atoms with E-state index in [0.29, 0.717) is 12.8 Å². The normalized spacial score (nSPS) is 32.9. The molecule has 2 rings (SSSR count). The smallest absolute Gasteiger partial charge is 0.341 e. The number of aliphatic carboxylic acids is 1. The fourth-order valence-corrected chi connectivity index (χ4v) is 2.59. The van der Waals surface area contributed by atoms with Crippen molar-refractivity contribution in [2.45, 2.75) is 43.7 Å². The molecule has 2 aliphatic rings. The Morgan fingerprint density at radius 2 is 2.17 bits per heavy atom. The van der Waals surface area contributed by atoms with Crippen LogP contribution in [0.3, 0.4) is 0 Å². The summed E-state index contributed by atoms with van der Waals surface area (Å²) in [6.07, 6.45) is 7.67. The van der Waals surface area contributed by atoms with Gasteiger partial charge in [-0.3, -0.25) is 4.79 Å². The number of aliphatic hydroxyl groups is 1. The highest BCUT2D eigenvalue weighted by Crippen LogP contribution is 2.45. The Labute approximate surface area is 133 Å². The maximum atomic E-state index is 12.3. The SMILES string of the molecule is O=C1N=CCCC/C=C\[C@H]2C[C@@]2(C(=O)O)NC(=O)[C@H](CCO)N1. The van der Waals surface area contributed by atoms with E-state index in [1.165, 1.54) is 6.21 Å². The predicted octanol–water partition coefficient (Wildman–Crippen LogP) is 0.217. The Hall–Kier alpha value is -2.22. The summed E-state index contributed by atoms with van der Waals surface area (Å²) in [5.74, 6) is -1.98. The second kappa shape index (κ2) is 7.36. The maximum absolute atomic E-state index is 12.3. The third kappa shape index (κ3) is 4.16. The second-order valence-electron chi connectivity index (χ2n) is 5.76. The summed E-state index contributed by atoms with van der Waals surface area (Å²) in [6, 6.07) is -1.70. The lowest BCUT2D eigenvalue weighted by molar-refractivity contribution is -0.143. The third-order valence-corrected chi connectivity index (χ3v) is 4.06. The number of carboxylic acid groups (broad SMARTS) is 1. The highest BCUT2D eigenvalue weighted by molar-refractivity contribution is 5.95. The van der Waals surface area contributed by atoms with E-state index in [1.807, 2.05) is 12.2 Å². The van der Waals surface area contributed by atoms with E-state index in [2.05, 4.69) is 15.6 Å². The van der Waals surface area contributed by atoms with Crippen molar-refractivity contribution in [2.75, 3.05) is 6.61 Å². The number of fused-ring (bicyclic) bond motifs is 1. The Morgan fingerprint density at radius 3 is 2.87 bits per heavy atom. The minimum Gasteiger partial charge on any atom is -0.479 e.